The molecule has 3 nitrogen and oxygen atoms in total. The average Bonchev–Trinajstić information content (AvgIpc) is 2.31. The molecule has 0 aromatic carbocycles. The zero-order valence-electron chi connectivity index (χ0n) is 13.5. The van der Waals surface area contributed by atoms with Crippen molar-refractivity contribution in [1.29, 1.82) is 0 Å². The van der Waals surface area contributed by atoms with E-state index in [2.05, 4.69) is 20.4 Å². The van der Waals surface area contributed by atoms with Crippen molar-refractivity contribution in [1.82, 2.24) is 0 Å². The topological polar surface area (TPSA) is 43.4 Å². The molecule has 0 saturated heterocycles. The maximum absolute atomic E-state index is 11.8. The van der Waals surface area contributed by atoms with E-state index in [1.165, 1.54) is 5.57 Å². The highest BCUT2D eigenvalue weighted by atomic mass is 16.5. The number of ether oxygens (including phenoxy) is 1. The molecule has 2 atom stereocenters. The van der Waals surface area contributed by atoms with E-state index in [0.29, 0.717) is 6.61 Å². The number of allylic oxidation sites excluding steroid dienone is 1. The number of aldehydes is 1. The number of esters is 1. The van der Waals surface area contributed by atoms with E-state index in [9.17, 15) is 9.59 Å². The van der Waals surface area contributed by atoms with Crippen molar-refractivity contribution in [2.24, 2.45) is 22.7 Å². The Balaban J connectivity index is 2.63. The summed E-state index contributed by atoms with van der Waals surface area (Å²) in [5.41, 5.74) is 0.607. The Kier molecular flexibility index (Phi) is 5.17. The molecule has 0 bridgehead atoms. The number of rotatable bonds is 4. The van der Waals surface area contributed by atoms with Crippen molar-refractivity contribution in [3.8, 4) is 0 Å². The van der Waals surface area contributed by atoms with Gasteiger partial charge in [-0.2, -0.15) is 0 Å². The summed E-state index contributed by atoms with van der Waals surface area (Å²) in [4.78, 5) is 23.0. The standard InChI is InChI=1S/C17H28O3/c1-12-7-8-13(11-18)17(5,6)14(12)9-10-20-15(19)16(2,3)4/h11,13-14H,1,7-10H2,2-6H3/t13-,14+/m1/s1. The molecule has 1 saturated carbocycles. The summed E-state index contributed by atoms with van der Waals surface area (Å²) in [5.74, 6) is 0.124. The number of carbonyl (C=O) groups excluding carboxylic acids is 2. The summed E-state index contributed by atoms with van der Waals surface area (Å²) in [6, 6.07) is 0. The van der Waals surface area contributed by atoms with Crippen LogP contribution < -0.4 is 0 Å². The summed E-state index contributed by atoms with van der Waals surface area (Å²) < 4.78 is 5.35. The van der Waals surface area contributed by atoms with Crippen molar-refractivity contribution in [2.45, 2.75) is 53.9 Å². The second kappa shape index (κ2) is 6.11. The lowest BCUT2D eigenvalue weighted by Gasteiger charge is -2.44. The summed E-state index contributed by atoms with van der Waals surface area (Å²) in [6.45, 7) is 14.3. The lowest BCUT2D eigenvalue weighted by atomic mass is 9.60. The van der Waals surface area contributed by atoms with Gasteiger partial charge in [-0.1, -0.05) is 26.0 Å². The van der Waals surface area contributed by atoms with Crippen LogP contribution in [-0.2, 0) is 14.3 Å². The zero-order chi connectivity index (χ0) is 15.6. The second-order valence-electron chi connectivity index (χ2n) is 7.49. The smallest absolute Gasteiger partial charge is 0.311 e. The predicted octanol–water partition coefficient (Wildman–Crippen LogP) is 3.77. The quantitative estimate of drug-likeness (QED) is 0.447. The van der Waals surface area contributed by atoms with Gasteiger partial charge in [0.15, 0.2) is 0 Å². The molecule has 114 valence electrons. The van der Waals surface area contributed by atoms with E-state index in [4.69, 9.17) is 4.74 Å². The minimum absolute atomic E-state index is 0.0660. The van der Waals surface area contributed by atoms with E-state index in [1.807, 2.05) is 20.8 Å². The van der Waals surface area contributed by atoms with Crippen LogP contribution in [0.3, 0.4) is 0 Å². The van der Waals surface area contributed by atoms with E-state index in [0.717, 1.165) is 25.5 Å². The molecule has 0 heterocycles. The van der Waals surface area contributed by atoms with Gasteiger partial charge in [0, 0.05) is 5.92 Å². The molecule has 1 fully saturated rings. The molecule has 0 amide bonds. The zero-order valence-corrected chi connectivity index (χ0v) is 13.5. The summed E-state index contributed by atoms with van der Waals surface area (Å²) in [7, 11) is 0. The van der Waals surface area contributed by atoms with Gasteiger partial charge in [0.1, 0.15) is 6.29 Å². The van der Waals surface area contributed by atoms with Crippen molar-refractivity contribution in [3.63, 3.8) is 0 Å². The molecule has 1 aliphatic rings. The molecule has 0 N–H and O–H groups in total. The van der Waals surface area contributed by atoms with Crippen molar-refractivity contribution in [2.75, 3.05) is 6.61 Å². The van der Waals surface area contributed by atoms with Crippen molar-refractivity contribution in [3.05, 3.63) is 12.2 Å². The summed E-state index contributed by atoms with van der Waals surface area (Å²) >= 11 is 0. The van der Waals surface area contributed by atoms with E-state index in [-0.39, 0.29) is 23.2 Å². The largest absolute Gasteiger partial charge is 0.465 e. The van der Waals surface area contributed by atoms with Crippen LogP contribution in [0, 0.1) is 22.7 Å². The van der Waals surface area contributed by atoms with Crippen LogP contribution in [0.5, 0.6) is 0 Å². The Labute approximate surface area is 122 Å². The SMILES string of the molecule is C=C1CC[C@H](C=O)C(C)(C)[C@H]1CCOC(=O)C(C)(C)C. The average molecular weight is 280 g/mol. The predicted molar refractivity (Wildman–Crippen MR) is 80.2 cm³/mol. The van der Waals surface area contributed by atoms with E-state index < -0.39 is 5.41 Å². The molecule has 3 heteroatoms. The second-order valence-corrected chi connectivity index (χ2v) is 7.49. The van der Waals surface area contributed by atoms with Gasteiger partial charge >= 0.3 is 5.97 Å². The third kappa shape index (κ3) is 3.71. The maximum atomic E-state index is 11.8. The first kappa shape index (κ1) is 16.9. The highest BCUT2D eigenvalue weighted by Crippen LogP contribution is 2.47. The first-order valence-corrected chi connectivity index (χ1v) is 7.41. The van der Waals surface area contributed by atoms with Gasteiger partial charge < -0.3 is 9.53 Å². The molecule has 1 aliphatic carbocycles. The fourth-order valence-corrected chi connectivity index (χ4v) is 2.98. The highest BCUT2D eigenvalue weighted by Gasteiger charge is 2.41. The first-order valence-electron chi connectivity index (χ1n) is 7.41. The molecule has 20 heavy (non-hydrogen) atoms. The third-order valence-corrected chi connectivity index (χ3v) is 4.54. The van der Waals surface area contributed by atoms with Crippen LogP contribution in [-0.4, -0.2) is 18.9 Å². The molecule has 1 rings (SSSR count). The Morgan fingerprint density at radius 2 is 2.05 bits per heavy atom. The molecule has 0 unspecified atom stereocenters. The molecule has 0 spiro atoms. The van der Waals surface area contributed by atoms with E-state index in [1.54, 1.807) is 0 Å². The Bertz CT molecular complexity index is 388. The number of carbonyl (C=O) groups is 2. The molecular weight excluding hydrogens is 252 g/mol. The molecule has 0 aliphatic heterocycles. The fourth-order valence-electron chi connectivity index (χ4n) is 2.98. The Morgan fingerprint density at radius 1 is 1.45 bits per heavy atom. The van der Waals surface area contributed by atoms with Crippen molar-refractivity contribution >= 4 is 12.3 Å². The third-order valence-electron chi connectivity index (χ3n) is 4.54. The maximum Gasteiger partial charge on any atom is 0.311 e. The van der Waals surface area contributed by atoms with Gasteiger partial charge in [0.05, 0.1) is 12.0 Å². The van der Waals surface area contributed by atoms with Gasteiger partial charge in [-0.05, 0) is 51.4 Å². The molecule has 0 radical (unpaired) electrons. The minimum Gasteiger partial charge on any atom is -0.465 e. The van der Waals surface area contributed by atoms with Gasteiger partial charge in [-0.25, -0.2) is 0 Å². The van der Waals surface area contributed by atoms with Gasteiger partial charge in [0.2, 0.25) is 0 Å². The van der Waals surface area contributed by atoms with E-state index >= 15 is 0 Å². The number of hydrogen-bond acceptors (Lipinski definition) is 3. The summed E-state index contributed by atoms with van der Waals surface area (Å²) in [5, 5.41) is 0. The van der Waals surface area contributed by atoms with Crippen LogP contribution in [0.4, 0.5) is 0 Å². The first-order chi connectivity index (χ1) is 9.10. The van der Waals surface area contributed by atoms with Gasteiger partial charge in [-0.3, -0.25) is 4.79 Å². The van der Waals surface area contributed by atoms with Gasteiger partial charge in [-0.15, -0.1) is 0 Å². The molecular formula is C17H28O3. The van der Waals surface area contributed by atoms with Crippen molar-refractivity contribution < 1.29 is 14.3 Å². The Morgan fingerprint density at radius 3 is 2.55 bits per heavy atom. The van der Waals surface area contributed by atoms with Crippen LogP contribution in [0.15, 0.2) is 12.2 Å². The summed E-state index contributed by atoms with van der Waals surface area (Å²) in [6.07, 6.45) is 3.59. The fraction of sp³-hybridized carbons (Fsp3) is 0.765. The monoisotopic (exact) mass is 280 g/mol. The lowest BCUT2D eigenvalue weighted by molar-refractivity contribution is -0.153. The Hall–Kier alpha value is -1.12. The van der Waals surface area contributed by atoms with Crippen LogP contribution in [0.1, 0.15) is 53.9 Å². The number of hydrogen-bond donors (Lipinski definition) is 0. The normalized spacial score (nSPS) is 26.1. The van der Waals surface area contributed by atoms with Crippen LogP contribution in [0.25, 0.3) is 0 Å². The highest BCUT2D eigenvalue weighted by molar-refractivity contribution is 5.75. The van der Waals surface area contributed by atoms with Crippen LogP contribution >= 0.6 is 0 Å². The van der Waals surface area contributed by atoms with Crippen LogP contribution in [0.2, 0.25) is 0 Å². The lowest BCUT2D eigenvalue weighted by Crippen LogP contribution is -2.39. The van der Waals surface area contributed by atoms with Gasteiger partial charge in [0.25, 0.3) is 0 Å². The molecule has 0 aromatic rings. The molecule has 0 aromatic heterocycles. The minimum atomic E-state index is -0.468.